The second kappa shape index (κ2) is 6.19. The molecule has 0 atom stereocenters. The average molecular weight is 341 g/mol. The second-order valence-corrected chi connectivity index (χ2v) is 6.66. The Morgan fingerprint density at radius 2 is 1.86 bits per heavy atom. The summed E-state index contributed by atoms with van der Waals surface area (Å²) >= 11 is 3.79. The summed E-state index contributed by atoms with van der Waals surface area (Å²) < 4.78 is 1.21. The van der Waals surface area contributed by atoms with Crippen LogP contribution in [0.4, 0.5) is 0 Å². The van der Waals surface area contributed by atoms with Crippen molar-refractivity contribution in [3.05, 3.63) is 63.6 Å². The summed E-state index contributed by atoms with van der Waals surface area (Å²) in [7, 11) is 0. The molecule has 0 aromatic heterocycles. The zero-order valence-electron chi connectivity index (χ0n) is 12.7. The summed E-state index contributed by atoms with van der Waals surface area (Å²) in [6.45, 7) is 4.49. The van der Waals surface area contributed by atoms with Crippen LogP contribution >= 0.6 is 15.9 Å². The van der Waals surface area contributed by atoms with Gasteiger partial charge in [0.05, 0.1) is 0 Å². The topological polar surface area (TPSA) is 0 Å². The maximum atomic E-state index is 3.79. The molecule has 21 heavy (non-hydrogen) atoms. The Labute approximate surface area is 136 Å². The Hall–Kier alpha value is -1.34. The van der Waals surface area contributed by atoms with Crippen molar-refractivity contribution in [3.8, 4) is 11.1 Å². The van der Waals surface area contributed by atoms with Gasteiger partial charge in [-0.05, 0) is 60.1 Å². The molecule has 0 unspecified atom stereocenters. The summed E-state index contributed by atoms with van der Waals surface area (Å²) in [6, 6.07) is 13.3. The molecule has 1 heteroatoms. The predicted octanol–water partition coefficient (Wildman–Crippen LogP) is 6.42. The van der Waals surface area contributed by atoms with E-state index in [1.807, 2.05) is 0 Å². The third-order valence-corrected chi connectivity index (χ3v) is 5.01. The highest BCUT2D eigenvalue weighted by Gasteiger charge is 2.20. The number of hydrogen-bond acceptors (Lipinski definition) is 0. The van der Waals surface area contributed by atoms with Gasteiger partial charge in [0.25, 0.3) is 0 Å². The van der Waals surface area contributed by atoms with Crippen LogP contribution in [0.25, 0.3) is 16.7 Å². The predicted molar refractivity (Wildman–Crippen MR) is 95.5 cm³/mol. The number of unbranched alkanes of at least 4 members (excludes halogenated alkanes) is 1. The summed E-state index contributed by atoms with van der Waals surface area (Å²) in [5.41, 5.74) is 8.54. The minimum Gasteiger partial charge on any atom is -0.0765 e. The summed E-state index contributed by atoms with van der Waals surface area (Å²) in [4.78, 5) is 0. The lowest BCUT2D eigenvalue weighted by Crippen LogP contribution is -1.96. The van der Waals surface area contributed by atoms with Crippen molar-refractivity contribution in [1.82, 2.24) is 0 Å². The molecule has 0 radical (unpaired) electrons. The molecule has 0 aliphatic heterocycles. The molecule has 0 nitrogen and oxygen atoms in total. The Morgan fingerprint density at radius 1 is 1.05 bits per heavy atom. The lowest BCUT2D eigenvalue weighted by atomic mass is 9.90. The van der Waals surface area contributed by atoms with Crippen LogP contribution in [0.3, 0.4) is 0 Å². The van der Waals surface area contributed by atoms with Gasteiger partial charge in [0.15, 0.2) is 0 Å². The van der Waals surface area contributed by atoms with Gasteiger partial charge in [-0.3, -0.25) is 0 Å². The highest BCUT2D eigenvalue weighted by molar-refractivity contribution is 9.10. The van der Waals surface area contributed by atoms with Gasteiger partial charge in [0.2, 0.25) is 0 Å². The van der Waals surface area contributed by atoms with E-state index in [9.17, 15) is 0 Å². The average Bonchev–Trinajstić information content (AvgIpc) is 2.87. The molecule has 0 spiro atoms. The minimum atomic E-state index is 1.07. The first-order valence-corrected chi connectivity index (χ1v) is 8.58. The van der Waals surface area contributed by atoms with Gasteiger partial charge < -0.3 is 0 Å². The van der Waals surface area contributed by atoms with E-state index in [1.165, 1.54) is 50.7 Å². The van der Waals surface area contributed by atoms with E-state index in [-0.39, 0.29) is 0 Å². The van der Waals surface area contributed by atoms with Crippen molar-refractivity contribution < 1.29 is 0 Å². The van der Waals surface area contributed by atoms with E-state index in [4.69, 9.17) is 0 Å². The SMILES string of the molecule is CCCCc1ccccc1-c1c(Br)ccc2c1C(C)=CC2. The first kappa shape index (κ1) is 14.6. The lowest BCUT2D eigenvalue weighted by Gasteiger charge is -2.16. The quantitative estimate of drug-likeness (QED) is 0.602. The first-order valence-electron chi connectivity index (χ1n) is 7.79. The number of rotatable bonds is 4. The van der Waals surface area contributed by atoms with Crippen molar-refractivity contribution in [3.63, 3.8) is 0 Å². The fraction of sp³-hybridized carbons (Fsp3) is 0.300. The molecule has 0 heterocycles. The number of benzene rings is 2. The standard InChI is InChI=1S/C20H21Br/c1-3-4-7-15-8-5-6-9-17(15)20-18(21)13-12-16-11-10-14(2)19(16)20/h5-6,8-10,12-13H,3-4,7,11H2,1-2H3. The molecule has 1 aliphatic rings. The second-order valence-electron chi connectivity index (χ2n) is 5.81. The van der Waals surface area contributed by atoms with Crippen LogP contribution < -0.4 is 0 Å². The molecule has 0 N–H and O–H groups in total. The summed E-state index contributed by atoms with van der Waals surface area (Å²) in [5.74, 6) is 0. The van der Waals surface area contributed by atoms with Crippen LogP contribution in [0.1, 0.15) is 43.4 Å². The van der Waals surface area contributed by atoms with Gasteiger partial charge in [-0.15, -0.1) is 0 Å². The van der Waals surface area contributed by atoms with Gasteiger partial charge in [0, 0.05) is 10.0 Å². The van der Waals surface area contributed by atoms with E-state index < -0.39 is 0 Å². The number of hydrogen-bond donors (Lipinski definition) is 0. The van der Waals surface area contributed by atoms with Crippen molar-refractivity contribution in [2.24, 2.45) is 0 Å². The van der Waals surface area contributed by atoms with Gasteiger partial charge in [-0.1, -0.05) is 65.7 Å². The van der Waals surface area contributed by atoms with Crippen molar-refractivity contribution in [1.29, 1.82) is 0 Å². The largest absolute Gasteiger partial charge is 0.0765 e. The van der Waals surface area contributed by atoms with E-state index >= 15 is 0 Å². The number of aryl methyl sites for hydroxylation is 1. The molecule has 0 fully saturated rings. The third-order valence-electron chi connectivity index (χ3n) is 4.35. The lowest BCUT2D eigenvalue weighted by molar-refractivity contribution is 0.796. The minimum absolute atomic E-state index is 1.07. The molecule has 108 valence electrons. The fourth-order valence-corrected chi connectivity index (χ4v) is 3.76. The fourth-order valence-electron chi connectivity index (χ4n) is 3.22. The van der Waals surface area contributed by atoms with Crippen molar-refractivity contribution in [2.45, 2.75) is 39.5 Å². The van der Waals surface area contributed by atoms with Crippen LogP contribution in [-0.4, -0.2) is 0 Å². The zero-order chi connectivity index (χ0) is 14.8. The molecule has 0 bridgehead atoms. The molecular weight excluding hydrogens is 320 g/mol. The first-order chi connectivity index (χ1) is 10.2. The van der Waals surface area contributed by atoms with Gasteiger partial charge >= 0.3 is 0 Å². The van der Waals surface area contributed by atoms with Crippen LogP contribution in [0, 0.1) is 0 Å². The number of allylic oxidation sites excluding steroid dienone is 2. The molecule has 0 saturated carbocycles. The Bertz CT molecular complexity index is 695. The van der Waals surface area contributed by atoms with Gasteiger partial charge in [-0.2, -0.15) is 0 Å². The smallest absolute Gasteiger partial charge is 0.0260 e. The van der Waals surface area contributed by atoms with Crippen LogP contribution in [-0.2, 0) is 12.8 Å². The van der Waals surface area contributed by atoms with Crippen molar-refractivity contribution >= 4 is 21.5 Å². The molecule has 1 aliphatic carbocycles. The summed E-state index contributed by atoms with van der Waals surface area (Å²) in [5, 5.41) is 0. The van der Waals surface area contributed by atoms with E-state index in [0.717, 1.165) is 12.8 Å². The maximum absolute atomic E-state index is 3.79. The highest BCUT2D eigenvalue weighted by Crippen LogP contribution is 2.42. The Kier molecular flexibility index (Phi) is 4.30. The normalized spacial score (nSPS) is 13.2. The zero-order valence-corrected chi connectivity index (χ0v) is 14.3. The number of fused-ring (bicyclic) bond motifs is 1. The van der Waals surface area contributed by atoms with E-state index in [0.29, 0.717) is 0 Å². The van der Waals surface area contributed by atoms with Crippen LogP contribution in [0.5, 0.6) is 0 Å². The number of halogens is 1. The van der Waals surface area contributed by atoms with Gasteiger partial charge in [0.1, 0.15) is 0 Å². The summed E-state index contributed by atoms with van der Waals surface area (Å²) in [6.07, 6.45) is 7.05. The molecule has 0 saturated heterocycles. The van der Waals surface area contributed by atoms with E-state index in [2.05, 4.69) is 72.3 Å². The highest BCUT2D eigenvalue weighted by atomic mass is 79.9. The van der Waals surface area contributed by atoms with Crippen molar-refractivity contribution in [2.75, 3.05) is 0 Å². The van der Waals surface area contributed by atoms with Crippen LogP contribution in [0.2, 0.25) is 0 Å². The monoisotopic (exact) mass is 340 g/mol. The molecule has 0 amide bonds. The Morgan fingerprint density at radius 3 is 2.67 bits per heavy atom. The molecule has 2 aromatic carbocycles. The molecule has 2 aromatic rings. The Balaban J connectivity index is 2.18. The van der Waals surface area contributed by atoms with Gasteiger partial charge in [-0.25, -0.2) is 0 Å². The molecular formula is C20H21Br. The van der Waals surface area contributed by atoms with E-state index in [1.54, 1.807) is 0 Å². The maximum Gasteiger partial charge on any atom is 0.0260 e. The van der Waals surface area contributed by atoms with Crippen LogP contribution in [0.15, 0.2) is 46.9 Å². The molecule has 3 rings (SSSR count). The third kappa shape index (κ3) is 2.72.